The maximum atomic E-state index is 9.14. The molecule has 0 spiro atoms. The topological polar surface area (TPSA) is 72.3 Å². The van der Waals surface area contributed by atoms with E-state index in [0.29, 0.717) is 24.6 Å². The van der Waals surface area contributed by atoms with E-state index in [0.717, 1.165) is 11.3 Å². The molecule has 1 unspecified atom stereocenters. The highest BCUT2D eigenvalue weighted by Crippen LogP contribution is 2.21. The van der Waals surface area contributed by atoms with Crippen LogP contribution in [0.1, 0.15) is 25.0 Å². The Morgan fingerprint density at radius 2 is 2.31 bits per heavy atom. The summed E-state index contributed by atoms with van der Waals surface area (Å²) in [4.78, 5) is 4.24. The highest BCUT2D eigenvalue weighted by atomic mass is 16.5. The molecule has 0 amide bonds. The summed E-state index contributed by atoms with van der Waals surface area (Å²) in [5.41, 5.74) is 0.840. The summed E-state index contributed by atoms with van der Waals surface area (Å²) in [6.07, 6.45) is 2.44. The Hall–Kier alpha value is -1.62. The van der Waals surface area contributed by atoms with Gasteiger partial charge in [-0.1, -0.05) is 5.16 Å². The summed E-state index contributed by atoms with van der Waals surface area (Å²) in [6, 6.07) is 1.80. The lowest BCUT2D eigenvalue weighted by atomic mass is 10.2. The van der Waals surface area contributed by atoms with Gasteiger partial charge in [-0.25, -0.2) is 0 Å². The van der Waals surface area contributed by atoms with Crippen molar-refractivity contribution in [2.75, 3.05) is 0 Å². The monoisotopic (exact) mass is 222 g/mol. The summed E-state index contributed by atoms with van der Waals surface area (Å²) in [5, 5.41) is 13.0. The van der Waals surface area contributed by atoms with Gasteiger partial charge in [-0.05, 0) is 26.3 Å². The van der Waals surface area contributed by atoms with E-state index in [2.05, 4.69) is 10.1 Å². The lowest BCUT2D eigenvalue weighted by Gasteiger charge is -1.98. The third-order valence-electron chi connectivity index (χ3n) is 2.34. The third kappa shape index (κ3) is 2.30. The summed E-state index contributed by atoms with van der Waals surface area (Å²) >= 11 is 0. The van der Waals surface area contributed by atoms with Crippen molar-refractivity contribution in [1.29, 1.82) is 0 Å². The number of hydrogen-bond donors (Lipinski definition) is 1. The van der Waals surface area contributed by atoms with E-state index in [1.54, 1.807) is 19.3 Å². The van der Waals surface area contributed by atoms with Crippen LogP contribution in [0.4, 0.5) is 0 Å². The minimum absolute atomic E-state index is 0.356. The first-order chi connectivity index (χ1) is 7.66. The normalized spacial score (nSPS) is 12.9. The summed E-state index contributed by atoms with van der Waals surface area (Å²) < 4.78 is 10.2. The van der Waals surface area contributed by atoms with Gasteiger partial charge in [0.1, 0.15) is 5.76 Å². The molecule has 16 heavy (non-hydrogen) atoms. The maximum absolute atomic E-state index is 9.14. The van der Waals surface area contributed by atoms with Gasteiger partial charge in [0, 0.05) is 6.42 Å². The van der Waals surface area contributed by atoms with Crippen LogP contribution in [-0.4, -0.2) is 21.4 Å². The number of nitrogens with zero attached hydrogens (tertiary/aromatic N) is 2. The second-order valence-electron chi connectivity index (χ2n) is 3.79. The standard InChI is InChI=1S/C11H14N2O3/c1-7(14)3-4-10-12-11(13-16-10)9-5-6-15-8(9)2/h5-7,14H,3-4H2,1-2H3. The molecule has 0 aliphatic carbocycles. The number of aliphatic hydroxyl groups excluding tert-OH is 1. The molecule has 2 aromatic rings. The molecule has 2 rings (SSSR count). The highest BCUT2D eigenvalue weighted by molar-refractivity contribution is 5.55. The average molecular weight is 222 g/mol. The Balaban J connectivity index is 2.11. The quantitative estimate of drug-likeness (QED) is 0.855. The van der Waals surface area contributed by atoms with Crippen LogP contribution in [0.2, 0.25) is 0 Å². The fourth-order valence-corrected chi connectivity index (χ4v) is 1.42. The van der Waals surface area contributed by atoms with Gasteiger partial charge in [0.25, 0.3) is 0 Å². The van der Waals surface area contributed by atoms with Crippen molar-refractivity contribution >= 4 is 0 Å². The first-order valence-electron chi connectivity index (χ1n) is 5.22. The third-order valence-corrected chi connectivity index (χ3v) is 2.34. The van der Waals surface area contributed by atoms with Crippen LogP contribution in [0, 0.1) is 6.92 Å². The van der Waals surface area contributed by atoms with Crippen molar-refractivity contribution in [2.24, 2.45) is 0 Å². The molecule has 0 aliphatic rings. The molecule has 1 atom stereocenters. The largest absolute Gasteiger partial charge is 0.469 e. The Kier molecular flexibility index (Phi) is 3.05. The lowest BCUT2D eigenvalue weighted by Crippen LogP contribution is -2.01. The van der Waals surface area contributed by atoms with E-state index in [9.17, 15) is 0 Å². The van der Waals surface area contributed by atoms with Gasteiger partial charge < -0.3 is 14.0 Å². The van der Waals surface area contributed by atoms with Crippen LogP contribution in [0.5, 0.6) is 0 Å². The predicted octanol–water partition coefficient (Wildman–Crippen LogP) is 1.95. The van der Waals surface area contributed by atoms with Crippen molar-refractivity contribution in [3.63, 3.8) is 0 Å². The van der Waals surface area contributed by atoms with Gasteiger partial charge in [-0.15, -0.1) is 0 Å². The fourth-order valence-electron chi connectivity index (χ4n) is 1.42. The van der Waals surface area contributed by atoms with Crippen LogP contribution < -0.4 is 0 Å². The second kappa shape index (κ2) is 4.49. The number of furan rings is 1. The molecule has 5 nitrogen and oxygen atoms in total. The predicted molar refractivity (Wildman–Crippen MR) is 56.7 cm³/mol. The first-order valence-corrected chi connectivity index (χ1v) is 5.22. The zero-order valence-corrected chi connectivity index (χ0v) is 9.30. The molecule has 0 bridgehead atoms. The molecule has 86 valence electrons. The summed E-state index contributed by atoms with van der Waals surface area (Å²) in [6.45, 7) is 3.58. The number of rotatable bonds is 4. The molecule has 0 aromatic carbocycles. The van der Waals surface area contributed by atoms with Crippen molar-refractivity contribution in [2.45, 2.75) is 32.8 Å². The van der Waals surface area contributed by atoms with Gasteiger partial charge in [0.15, 0.2) is 0 Å². The minimum atomic E-state index is -0.356. The molecule has 2 aromatic heterocycles. The van der Waals surface area contributed by atoms with Gasteiger partial charge >= 0.3 is 0 Å². The number of aliphatic hydroxyl groups is 1. The van der Waals surface area contributed by atoms with E-state index in [-0.39, 0.29) is 6.10 Å². The van der Waals surface area contributed by atoms with Gasteiger partial charge in [0.05, 0.1) is 17.9 Å². The van der Waals surface area contributed by atoms with Crippen LogP contribution >= 0.6 is 0 Å². The van der Waals surface area contributed by atoms with Crippen molar-refractivity contribution in [1.82, 2.24) is 10.1 Å². The van der Waals surface area contributed by atoms with E-state index in [1.165, 1.54) is 0 Å². The molecular formula is C11H14N2O3. The average Bonchev–Trinajstić information content (AvgIpc) is 2.83. The van der Waals surface area contributed by atoms with Crippen molar-refractivity contribution in [3.05, 3.63) is 24.0 Å². The van der Waals surface area contributed by atoms with Crippen molar-refractivity contribution in [3.8, 4) is 11.4 Å². The molecule has 0 radical (unpaired) electrons. The molecule has 0 aliphatic heterocycles. The Bertz CT molecular complexity index is 459. The fraction of sp³-hybridized carbons (Fsp3) is 0.455. The lowest BCUT2D eigenvalue weighted by molar-refractivity contribution is 0.180. The maximum Gasteiger partial charge on any atom is 0.227 e. The van der Waals surface area contributed by atoms with E-state index >= 15 is 0 Å². The van der Waals surface area contributed by atoms with Crippen LogP contribution in [0.3, 0.4) is 0 Å². The zero-order chi connectivity index (χ0) is 11.5. The zero-order valence-electron chi connectivity index (χ0n) is 9.30. The second-order valence-corrected chi connectivity index (χ2v) is 3.79. The van der Waals surface area contributed by atoms with Crippen LogP contribution in [-0.2, 0) is 6.42 Å². The molecule has 0 saturated heterocycles. The van der Waals surface area contributed by atoms with Crippen molar-refractivity contribution < 1.29 is 14.0 Å². The van der Waals surface area contributed by atoms with E-state index in [1.807, 2.05) is 6.92 Å². The molecule has 2 heterocycles. The van der Waals surface area contributed by atoms with Crippen LogP contribution in [0.15, 0.2) is 21.3 Å². The molecular weight excluding hydrogens is 208 g/mol. The Morgan fingerprint density at radius 3 is 2.94 bits per heavy atom. The summed E-state index contributed by atoms with van der Waals surface area (Å²) in [5.74, 6) is 1.84. The number of aromatic nitrogens is 2. The number of aryl methyl sites for hydroxylation is 2. The van der Waals surface area contributed by atoms with E-state index < -0.39 is 0 Å². The number of hydrogen-bond acceptors (Lipinski definition) is 5. The molecule has 0 saturated carbocycles. The van der Waals surface area contributed by atoms with Gasteiger partial charge in [0.2, 0.25) is 11.7 Å². The van der Waals surface area contributed by atoms with E-state index in [4.69, 9.17) is 14.0 Å². The molecule has 1 N–H and O–H groups in total. The smallest absolute Gasteiger partial charge is 0.227 e. The Morgan fingerprint density at radius 1 is 1.50 bits per heavy atom. The van der Waals surface area contributed by atoms with Gasteiger partial charge in [-0.2, -0.15) is 4.98 Å². The SMILES string of the molecule is Cc1occc1-c1noc(CCC(C)O)n1. The highest BCUT2D eigenvalue weighted by Gasteiger charge is 2.12. The Labute approximate surface area is 93.1 Å². The minimum Gasteiger partial charge on any atom is -0.469 e. The van der Waals surface area contributed by atoms with Crippen LogP contribution in [0.25, 0.3) is 11.4 Å². The van der Waals surface area contributed by atoms with Gasteiger partial charge in [-0.3, -0.25) is 0 Å². The molecule has 5 heteroatoms. The summed E-state index contributed by atoms with van der Waals surface area (Å²) in [7, 11) is 0. The molecule has 0 fully saturated rings. The first kappa shape index (κ1) is 10.9.